The number of nitrogens with zero attached hydrogens (tertiary/aromatic N) is 1. The molecule has 54 heavy (non-hydrogen) atoms. The number of aromatic amines is 1. The summed E-state index contributed by atoms with van der Waals surface area (Å²) in [6.45, 7) is 5.09. The first-order chi connectivity index (χ1) is 26.6. The Hall–Kier alpha value is -6.12. The van der Waals surface area contributed by atoms with Crippen molar-refractivity contribution in [1.82, 2.24) is 9.55 Å². The number of hydrogen-bond acceptors (Lipinski definition) is 0. The molecule has 4 unspecified atom stereocenters. The number of fused-ring (bicyclic) bond motifs is 10. The van der Waals surface area contributed by atoms with Crippen molar-refractivity contribution in [2.24, 2.45) is 5.92 Å². The highest BCUT2D eigenvalue weighted by Crippen LogP contribution is 2.66. The molecule has 4 atom stereocenters. The number of allylic oxidation sites excluding steroid dienone is 5. The van der Waals surface area contributed by atoms with Crippen LogP contribution < -0.4 is 0 Å². The molecular weight excluding hydrogens is 653 g/mol. The number of hydrogen-bond donors (Lipinski definition) is 1. The highest BCUT2D eigenvalue weighted by atomic mass is 15.0. The molecule has 0 bridgehead atoms. The highest BCUT2D eigenvalue weighted by molar-refractivity contribution is 6.10. The lowest BCUT2D eigenvalue weighted by Crippen LogP contribution is -2.51. The molecule has 2 aromatic heterocycles. The minimum atomic E-state index is -0.335. The van der Waals surface area contributed by atoms with Gasteiger partial charge in [0.05, 0.1) is 5.52 Å². The quantitative estimate of drug-likeness (QED) is 0.189. The van der Waals surface area contributed by atoms with E-state index in [4.69, 9.17) is 0 Å². The van der Waals surface area contributed by atoms with Gasteiger partial charge in [-0.3, -0.25) is 0 Å². The summed E-state index contributed by atoms with van der Waals surface area (Å²) in [4.78, 5) is 3.82. The van der Waals surface area contributed by atoms with Crippen LogP contribution in [0.2, 0.25) is 0 Å². The van der Waals surface area contributed by atoms with Gasteiger partial charge in [-0.05, 0) is 88.1 Å². The fourth-order valence-corrected chi connectivity index (χ4v) is 10.9. The smallest absolute Gasteiger partial charge is 0.0534 e. The molecule has 260 valence electrons. The largest absolute Gasteiger partial charge is 0.355 e. The van der Waals surface area contributed by atoms with Crippen molar-refractivity contribution in [1.29, 1.82) is 0 Å². The Kier molecular flexibility index (Phi) is 6.80. The Balaban J connectivity index is 1.24. The molecule has 8 aromatic rings. The average molecular weight is 695 g/mol. The second-order valence-electron chi connectivity index (χ2n) is 15.9. The SMILES string of the molecule is CC1(c2ccccc2)c2c(ccc3[nH]c4ccccc4c23)C(C)(c2ccccc2)C2c3c(n(C4=CC=C(c5ccccc5)CC4)c4ccccc34)C=CC21. The van der Waals surface area contributed by atoms with Crippen molar-refractivity contribution in [3.8, 4) is 0 Å². The number of benzene rings is 6. The first kappa shape index (κ1) is 31.4. The van der Waals surface area contributed by atoms with Crippen LogP contribution in [0.1, 0.15) is 71.7 Å². The van der Waals surface area contributed by atoms with E-state index >= 15 is 0 Å². The van der Waals surface area contributed by atoms with Crippen LogP contribution in [-0.2, 0) is 10.8 Å². The van der Waals surface area contributed by atoms with Crippen LogP contribution in [0.4, 0.5) is 0 Å². The van der Waals surface area contributed by atoms with Gasteiger partial charge in [0.25, 0.3) is 0 Å². The van der Waals surface area contributed by atoms with E-state index in [2.05, 4.69) is 199 Å². The number of rotatable bonds is 4. The fourth-order valence-electron chi connectivity index (χ4n) is 10.9. The minimum Gasteiger partial charge on any atom is -0.355 e. The third kappa shape index (κ3) is 4.23. The zero-order chi connectivity index (χ0) is 36.0. The van der Waals surface area contributed by atoms with E-state index < -0.39 is 0 Å². The lowest BCUT2D eigenvalue weighted by molar-refractivity contribution is 0.245. The van der Waals surface area contributed by atoms with E-state index in [0.29, 0.717) is 0 Å². The maximum Gasteiger partial charge on any atom is 0.0534 e. The third-order valence-electron chi connectivity index (χ3n) is 13.4. The normalized spacial score (nSPS) is 23.1. The standard InChI is InChI=1S/C52H42N2/c1-51(36-18-8-4-9-19-36)42-31-33-46-48(40-23-13-15-25-45(40)54(46)38-28-26-35(27-29-38)34-16-6-3-7-17-34)50(42)52(2,37-20-10-5-11-21-37)41-30-32-44-47(49(41)51)39-22-12-14-24-43(39)53-44/h3-26,28,30-33,42,50,53H,27,29H2,1-2H3. The topological polar surface area (TPSA) is 20.7 Å². The first-order valence-corrected chi connectivity index (χ1v) is 19.5. The van der Waals surface area contributed by atoms with Crippen LogP contribution in [0, 0.1) is 5.92 Å². The molecule has 0 aliphatic heterocycles. The summed E-state index contributed by atoms with van der Waals surface area (Å²) in [6.07, 6.45) is 11.8. The van der Waals surface area contributed by atoms with Crippen molar-refractivity contribution >= 4 is 50.1 Å². The molecule has 2 heterocycles. The molecule has 11 rings (SSSR count). The van der Waals surface area contributed by atoms with Crippen molar-refractivity contribution in [2.45, 2.75) is 43.4 Å². The molecule has 0 saturated carbocycles. The van der Waals surface area contributed by atoms with Gasteiger partial charge in [0, 0.05) is 55.3 Å². The van der Waals surface area contributed by atoms with E-state index in [9.17, 15) is 0 Å². The van der Waals surface area contributed by atoms with E-state index in [-0.39, 0.29) is 22.7 Å². The number of H-pyrrole nitrogens is 1. The Morgan fingerprint density at radius 1 is 0.593 bits per heavy atom. The van der Waals surface area contributed by atoms with Gasteiger partial charge < -0.3 is 9.55 Å². The third-order valence-corrected chi connectivity index (χ3v) is 13.4. The second-order valence-corrected chi connectivity index (χ2v) is 15.9. The lowest BCUT2D eigenvalue weighted by Gasteiger charge is -2.57. The van der Waals surface area contributed by atoms with Gasteiger partial charge in [-0.15, -0.1) is 0 Å². The van der Waals surface area contributed by atoms with Crippen molar-refractivity contribution < 1.29 is 0 Å². The Bertz CT molecular complexity index is 2850. The summed E-state index contributed by atoms with van der Waals surface area (Å²) in [5, 5.41) is 4.01. The summed E-state index contributed by atoms with van der Waals surface area (Å²) < 4.78 is 2.60. The van der Waals surface area contributed by atoms with Crippen LogP contribution in [0.15, 0.2) is 170 Å². The molecule has 2 nitrogen and oxygen atoms in total. The number of nitrogens with one attached hydrogen (secondary N) is 1. The lowest BCUT2D eigenvalue weighted by atomic mass is 9.45. The van der Waals surface area contributed by atoms with Crippen molar-refractivity contribution in [3.63, 3.8) is 0 Å². The molecule has 0 saturated heterocycles. The van der Waals surface area contributed by atoms with Gasteiger partial charge in [0.15, 0.2) is 0 Å². The zero-order valence-corrected chi connectivity index (χ0v) is 30.8. The predicted molar refractivity (Wildman–Crippen MR) is 227 cm³/mol. The maximum atomic E-state index is 3.82. The highest BCUT2D eigenvalue weighted by Gasteiger charge is 2.58. The fraction of sp³-hybridized carbons (Fsp3) is 0.154. The van der Waals surface area contributed by atoms with Gasteiger partial charge in [0.2, 0.25) is 0 Å². The molecule has 0 fully saturated rings. The van der Waals surface area contributed by atoms with Crippen LogP contribution in [0.25, 0.3) is 50.1 Å². The Labute approximate surface area is 316 Å². The van der Waals surface area contributed by atoms with Crippen LogP contribution >= 0.6 is 0 Å². The molecule has 0 amide bonds. The zero-order valence-electron chi connectivity index (χ0n) is 30.8. The van der Waals surface area contributed by atoms with E-state index in [1.807, 2.05) is 0 Å². The molecule has 2 heteroatoms. The molecule has 3 aliphatic rings. The van der Waals surface area contributed by atoms with Gasteiger partial charge >= 0.3 is 0 Å². The van der Waals surface area contributed by atoms with Crippen LogP contribution in [0.5, 0.6) is 0 Å². The molecule has 1 N–H and O–H groups in total. The van der Waals surface area contributed by atoms with E-state index in [1.54, 1.807) is 0 Å². The van der Waals surface area contributed by atoms with Gasteiger partial charge in [-0.2, -0.15) is 0 Å². The summed E-state index contributed by atoms with van der Waals surface area (Å²) in [5.41, 5.74) is 15.5. The number of aromatic nitrogens is 2. The molecule has 6 aromatic carbocycles. The molecule has 0 radical (unpaired) electrons. The van der Waals surface area contributed by atoms with Gasteiger partial charge in [0.1, 0.15) is 0 Å². The van der Waals surface area contributed by atoms with Gasteiger partial charge in [-0.25, -0.2) is 0 Å². The molecule has 0 spiro atoms. The van der Waals surface area contributed by atoms with E-state index in [1.165, 1.54) is 83.1 Å². The molecular formula is C52H42N2. The predicted octanol–water partition coefficient (Wildman–Crippen LogP) is 13.0. The van der Waals surface area contributed by atoms with Crippen LogP contribution in [0.3, 0.4) is 0 Å². The molecule has 3 aliphatic carbocycles. The summed E-state index contributed by atoms with van der Waals surface area (Å²) in [7, 11) is 0. The van der Waals surface area contributed by atoms with Crippen molar-refractivity contribution in [3.05, 3.63) is 209 Å². The number of para-hydroxylation sites is 2. The minimum absolute atomic E-state index is 0.158. The Morgan fingerprint density at radius 2 is 1.24 bits per heavy atom. The summed E-state index contributed by atoms with van der Waals surface area (Å²) in [5.74, 6) is 0.333. The monoisotopic (exact) mass is 694 g/mol. The summed E-state index contributed by atoms with van der Waals surface area (Å²) >= 11 is 0. The Morgan fingerprint density at radius 3 is 1.96 bits per heavy atom. The first-order valence-electron chi connectivity index (χ1n) is 19.5. The van der Waals surface area contributed by atoms with Gasteiger partial charge in [-0.1, -0.05) is 159 Å². The maximum absolute atomic E-state index is 3.82. The summed E-state index contributed by atoms with van der Waals surface area (Å²) in [6, 6.07) is 56.5. The van der Waals surface area contributed by atoms with Crippen LogP contribution in [-0.4, -0.2) is 9.55 Å². The van der Waals surface area contributed by atoms with Crippen molar-refractivity contribution in [2.75, 3.05) is 0 Å². The average Bonchev–Trinajstić information content (AvgIpc) is 3.79. The second kappa shape index (κ2) is 11.7. The van der Waals surface area contributed by atoms with E-state index in [0.717, 1.165) is 12.8 Å².